The van der Waals surface area contributed by atoms with Crippen LogP contribution in [0.25, 0.3) is 10.9 Å². The van der Waals surface area contributed by atoms with Gasteiger partial charge in [-0.15, -0.1) is 0 Å². The lowest BCUT2D eigenvalue weighted by Gasteiger charge is -2.15. The molecule has 0 saturated heterocycles. The molecule has 0 unspecified atom stereocenters. The zero-order chi connectivity index (χ0) is 20.4. The van der Waals surface area contributed by atoms with Crippen LogP contribution in [0.2, 0.25) is 0 Å². The SMILES string of the molecule is CN(C)CCCc1ccc(Nc2c(C(=O)C3CC3)cnc3ccc(Br)cc23)cn1. The Morgan fingerprint density at radius 1 is 1.17 bits per heavy atom. The van der Waals surface area contributed by atoms with Crippen molar-refractivity contribution in [2.75, 3.05) is 26.0 Å². The quantitative estimate of drug-likeness (QED) is 0.474. The van der Waals surface area contributed by atoms with Crippen LogP contribution in [0.3, 0.4) is 0 Å². The van der Waals surface area contributed by atoms with Gasteiger partial charge in [0.05, 0.1) is 28.7 Å². The lowest BCUT2D eigenvalue weighted by molar-refractivity contribution is 0.0968. The van der Waals surface area contributed by atoms with Crippen molar-refractivity contribution in [1.29, 1.82) is 0 Å². The van der Waals surface area contributed by atoms with Gasteiger partial charge in [-0.25, -0.2) is 0 Å². The first-order valence-corrected chi connectivity index (χ1v) is 10.8. The van der Waals surface area contributed by atoms with Crippen molar-refractivity contribution >= 4 is 44.0 Å². The maximum absolute atomic E-state index is 12.9. The molecule has 1 aliphatic carbocycles. The molecule has 1 aromatic carbocycles. The number of benzene rings is 1. The number of fused-ring (bicyclic) bond motifs is 1. The largest absolute Gasteiger partial charge is 0.353 e. The van der Waals surface area contributed by atoms with Crippen molar-refractivity contribution in [3.63, 3.8) is 0 Å². The zero-order valence-electron chi connectivity index (χ0n) is 16.8. The Morgan fingerprint density at radius 3 is 2.69 bits per heavy atom. The topological polar surface area (TPSA) is 58.1 Å². The predicted octanol–water partition coefficient (Wildman–Crippen LogP) is 5.22. The molecule has 1 N–H and O–H groups in total. The van der Waals surface area contributed by atoms with E-state index in [0.717, 1.165) is 64.7 Å². The number of anilines is 2. The Bertz CT molecular complexity index is 1030. The first-order chi connectivity index (χ1) is 14.0. The van der Waals surface area contributed by atoms with E-state index in [9.17, 15) is 4.79 Å². The van der Waals surface area contributed by atoms with Gasteiger partial charge in [-0.3, -0.25) is 14.8 Å². The maximum atomic E-state index is 12.9. The van der Waals surface area contributed by atoms with E-state index in [-0.39, 0.29) is 11.7 Å². The van der Waals surface area contributed by atoms with Crippen molar-refractivity contribution in [3.8, 4) is 0 Å². The molecule has 3 aromatic rings. The number of hydrogen-bond donors (Lipinski definition) is 1. The third-order valence-electron chi connectivity index (χ3n) is 5.18. The fraction of sp³-hybridized carbons (Fsp3) is 0.348. The standard InChI is InChI=1S/C23H25BrN4O/c1-28(2)11-3-4-17-8-9-18(13-25-17)27-22-19-12-16(24)7-10-21(19)26-14-20(22)23(29)15-5-6-15/h7-10,12-15H,3-6,11H2,1-2H3,(H,26,27). The number of nitrogens with zero attached hydrogens (tertiary/aromatic N) is 3. The van der Waals surface area contributed by atoms with Gasteiger partial charge in [0, 0.05) is 27.7 Å². The van der Waals surface area contributed by atoms with E-state index in [1.54, 1.807) is 6.20 Å². The molecular formula is C23H25BrN4O. The van der Waals surface area contributed by atoms with Gasteiger partial charge in [0.25, 0.3) is 0 Å². The summed E-state index contributed by atoms with van der Waals surface area (Å²) < 4.78 is 0.959. The summed E-state index contributed by atoms with van der Waals surface area (Å²) in [6, 6.07) is 10.0. The molecule has 4 rings (SSSR count). The Balaban J connectivity index is 1.63. The molecule has 0 bridgehead atoms. The van der Waals surface area contributed by atoms with Crippen molar-refractivity contribution in [2.45, 2.75) is 25.7 Å². The second kappa shape index (κ2) is 8.59. The normalized spacial score (nSPS) is 13.8. The minimum atomic E-state index is 0.138. The van der Waals surface area contributed by atoms with Crippen LogP contribution in [-0.2, 0) is 6.42 Å². The lowest BCUT2D eigenvalue weighted by Crippen LogP contribution is -2.13. The van der Waals surface area contributed by atoms with Gasteiger partial charge in [0.15, 0.2) is 5.78 Å². The third-order valence-corrected chi connectivity index (χ3v) is 5.67. The van der Waals surface area contributed by atoms with Gasteiger partial charge in [-0.1, -0.05) is 15.9 Å². The second-order valence-electron chi connectivity index (χ2n) is 7.92. The van der Waals surface area contributed by atoms with Gasteiger partial charge in [0.1, 0.15) is 0 Å². The van der Waals surface area contributed by atoms with Crippen molar-refractivity contribution in [1.82, 2.24) is 14.9 Å². The number of carbonyl (C=O) groups excluding carboxylic acids is 1. The number of pyridine rings is 2. The van der Waals surface area contributed by atoms with Crippen LogP contribution in [0.15, 0.2) is 47.2 Å². The Labute approximate surface area is 179 Å². The summed E-state index contributed by atoms with van der Waals surface area (Å²) >= 11 is 3.54. The van der Waals surface area contributed by atoms with E-state index in [2.05, 4.69) is 56.3 Å². The van der Waals surface area contributed by atoms with Gasteiger partial charge in [0.2, 0.25) is 0 Å². The summed E-state index contributed by atoms with van der Waals surface area (Å²) in [7, 11) is 4.16. The number of hydrogen-bond acceptors (Lipinski definition) is 5. The van der Waals surface area contributed by atoms with Crippen molar-refractivity contribution in [2.24, 2.45) is 5.92 Å². The van der Waals surface area contributed by atoms with Crippen molar-refractivity contribution in [3.05, 3.63) is 58.5 Å². The molecule has 6 heteroatoms. The number of Topliss-reactive ketones (excluding diaryl/α,β-unsaturated/α-hetero) is 1. The first kappa shape index (κ1) is 20.0. The molecule has 1 fully saturated rings. The summed E-state index contributed by atoms with van der Waals surface area (Å²) in [6.07, 6.45) is 7.53. The molecule has 0 radical (unpaired) electrons. The molecule has 1 saturated carbocycles. The molecule has 0 aliphatic heterocycles. The average molecular weight is 453 g/mol. The number of halogens is 1. The molecule has 1 aliphatic rings. The average Bonchev–Trinajstić information content (AvgIpc) is 3.54. The minimum absolute atomic E-state index is 0.138. The first-order valence-electron chi connectivity index (χ1n) is 10.0. The number of carbonyl (C=O) groups is 1. The van der Waals surface area contributed by atoms with E-state index in [1.165, 1.54) is 0 Å². The molecule has 0 spiro atoms. The van der Waals surface area contributed by atoms with Crippen LogP contribution < -0.4 is 5.32 Å². The summed E-state index contributed by atoms with van der Waals surface area (Å²) in [4.78, 5) is 24.2. The highest BCUT2D eigenvalue weighted by Crippen LogP contribution is 2.38. The predicted molar refractivity (Wildman–Crippen MR) is 121 cm³/mol. The highest BCUT2D eigenvalue weighted by Gasteiger charge is 2.32. The molecule has 0 atom stereocenters. The molecule has 29 heavy (non-hydrogen) atoms. The highest BCUT2D eigenvalue weighted by molar-refractivity contribution is 9.10. The van der Waals surface area contributed by atoms with Crippen LogP contribution in [-0.4, -0.2) is 41.3 Å². The number of nitrogens with one attached hydrogen (secondary N) is 1. The van der Waals surface area contributed by atoms with Crippen LogP contribution in [0, 0.1) is 5.92 Å². The van der Waals surface area contributed by atoms with Crippen LogP contribution >= 0.6 is 15.9 Å². The van der Waals surface area contributed by atoms with Crippen LogP contribution in [0.1, 0.15) is 35.3 Å². The summed E-state index contributed by atoms with van der Waals surface area (Å²) in [5, 5.41) is 4.39. The second-order valence-corrected chi connectivity index (χ2v) is 8.83. The van der Waals surface area contributed by atoms with Crippen LogP contribution in [0.4, 0.5) is 11.4 Å². The fourth-order valence-corrected chi connectivity index (χ4v) is 3.78. The van der Waals surface area contributed by atoms with E-state index < -0.39 is 0 Å². The molecule has 2 heterocycles. The summed E-state index contributed by atoms with van der Waals surface area (Å²) in [6.45, 7) is 1.05. The molecular weight excluding hydrogens is 428 g/mol. The van der Waals surface area contributed by atoms with E-state index >= 15 is 0 Å². The Kier molecular flexibility index (Phi) is 5.92. The molecule has 0 amide bonds. The van der Waals surface area contributed by atoms with Gasteiger partial charge in [-0.05, 0) is 76.7 Å². The Morgan fingerprint density at radius 2 is 2.00 bits per heavy atom. The van der Waals surface area contributed by atoms with Crippen molar-refractivity contribution < 1.29 is 4.79 Å². The maximum Gasteiger partial charge on any atom is 0.169 e. The number of ketones is 1. The summed E-state index contributed by atoms with van der Waals surface area (Å²) in [5.74, 6) is 0.314. The zero-order valence-corrected chi connectivity index (χ0v) is 18.4. The summed E-state index contributed by atoms with van der Waals surface area (Å²) in [5.41, 5.74) is 4.28. The van der Waals surface area contributed by atoms with Gasteiger partial charge >= 0.3 is 0 Å². The fourth-order valence-electron chi connectivity index (χ4n) is 3.42. The number of aryl methyl sites for hydroxylation is 1. The molecule has 5 nitrogen and oxygen atoms in total. The van der Waals surface area contributed by atoms with E-state index in [1.807, 2.05) is 30.5 Å². The molecule has 2 aromatic heterocycles. The lowest BCUT2D eigenvalue weighted by atomic mass is 10.0. The smallest absolute Gasteiger partial charge is 0.169 e. The monoisotopic (exact) mass is 452 g/mol. The van der Waals surface area contributed by atoms with Crippen LogP contribution in [0.5, 0.6) is 0 Å². The Hall–Kier alpha value is -2.31. The molecule has 150 valence electrons. The minimum Gasteiger partial charge on any atom is -0.353 e. The van der Waals surface area contributed by atoms with E-state index in [0.29, 0.717) is 5.56 Å². The number of aromatic nitrogens is 2. The van der Waals surface area contributed by atoms with Gasteiger partial charge < -0.3 is 10.2 Å². The number of rotatable bonds is 8. The van der Waals surface area contributed by atoms with Gasteiger partial charge in [-0.2, -0.15) is 0 Å². The van der Waals surface area contributed by atoms with E-state index in [4.69, 9.17) is 0 Å². The third kappa shape index (κ3) is 4.82. The highest BCUT2D eigenvalue weighted by atomic mass is 79.9.